The Morgan fingerprint density at radius 1 is 0.950 bits per heavy atom. The molecule has 20 heavy (non-hydrogen) atoms. The molecule has 0 amide bonds. The molecule has 0 spiro atoms. The minimum Gasteiger partial charge on any atom is -0.267 e. The van der Waals surface area contributed by atoms with Crippen LogP contribution in [-0.4, -0.2) is 9.78 Å². The van der Waals surface area contributed by atoms with Crippen LogP contribution in [0.1, 0.15) is 5.56 Å². The van der Waals surface area contributed by atoms with Crippen LogP contribution < -0.4 is 0 Å². The first-order valence-electron chi connectivity index (χ1n) is 6.38. The molecule has 1 aromatic heterocycles. The summed E-state index contributed by atoms with van der Waals surface area (Å²) in [7, 11) is 1.93. The quantitative estimate of drug-likeness (QED) is 0.705. The zero-order valence-electron chi connectivity index (χ0n) is 11.1. The fourth-order valence-electron chi connectivity index (χ4n) is 2.20. The molecule has 0 atom stereocenters. The van der Waals surface area contributed by atoms with Gasteiger partial charge in [-0.3, -0.25) is 4.68 Å². The van der Waals surface area contributed by atoms with Gasteiger partial charge in [0.25, 0.3) is 0 Å². The summed E-state index contributed by atoms with van der Waals surface area (Å²) in [6, 6.07) is 21.8. The van der Waals surface area contributed by atoms with Crippen molar-refractivity contribution in [2.45, 2.75) is 0 Å². The van der Waals surface area contributed by atoms with E-state index in [4.69, 9.17) is 5.26 Å². The van der Waals surface area contributed by atoms with Crippen LogP contribution >= 0.6 is 0 Å². The Labute approximate surface area is 117 Å². The molecule has 2 aromatic carbocycles. The van der Waals surface area contributed by atoms with Crippen molar-refractivity contribution in [1.29, 1.82) is 5.26 Å². The number of rotatable bonds is 2. The van der Waals surface area contributed by atoms with Gasteiger partial charge in [0.15, 0.2) is 0 Å². The van der Waals surface area contributed by atoms with Gasteiger partial charge in [-0.05, 0) is 23.8 Å². The second-order valence-corrected chi connectivity index (χ2v) is 4.59. The van der Waals surface area contributed by atoms with E-state index in [9.17, 15) is 0 Å². The Morgan fingerprint density at radius 2 is 1.65 bits per heavy atom. The molecule has 0 saturated heterocycles. The monoisotopic (exact) mass is 259 g/mol. The molecule has 0 radical (unpaired) electrons. The lowest BCUT2D eigenvalue weighted by Crippen LogP contribution is -1.93. The van der Waals surface area contributed by atoms with Crippen LogP contribution in [0.15, 0.2) is 60.7 Å². The van der Waals surface area contributed by atoms with Crippen LogP contribution in [0.2, 0.25) is 0 Å². The van der Waals surface area contributed by atoms with Gasteiger partial charge in [-0.2, -0.15) is 10.4 Å². The van der Waals surface area contributed by atoms with Crippen molar-refractivity contribution in [2.75, 3.05) is 0 Å². The Hall–Kier alpha value is -2.86. The van der Waals surface area contributed by atoms with Gasteiger partial charge >= 0.3 is 0 Å². The predicted octanol–water partition coefficient (Wildman–Crippen LogP) is 3.63. The number of hydrogen-bond donors (Lipinski definition) is 0. The van der Waals surface area contributed by atoms with E-state index in [0.29, 0.717) is 5.56 Å². The molecule has 0 fully saturated rings. The van der Waals surface area contributed by atoms with Gasteiger partial charge in [0.2, 0.25) is 0 Å². The van der Waals surface area contributed by atoms with Crippen molar-refractivity contribution in [3.05, 3.63) is 66.2 Å². The van der Waals surface area contributed by atoms with Gasteiger partial charge in [-0.25, -0.2) is 0 Å². The highest BCUT2D eigenvalue weighted by Crippen LogP contribution is 2.25. The van der Waals surface area contributed by atoms with Crippen molar-refractivity contribution in [3.63, 3.8) is 0 Å². The second-order valence-electron chi connectivity index (χ2n) is 4.59. The summed E-state index contributed by atoms with van der Waals surface area (Å²) < 4.78 is 1.86. The summed E-state index contributed by atoms with van der Waals surface area (Å²) in [4.78, 5) is 0. The maximum Gasteiger partial charge on any atom is 0.0991 e. The first-order chi connectivity index (χ1) is 9.78. The lowest BCUT2D eigenvalue weighted by molar-refractivity contribution is 0.779. The zero-order chi connectivity index (χ0) is 13.9. The molecule has 0 bridgehead atoms. The van der Waals surface area contributed by atoms with Gasteiger partial charge in [0, 0.05) is 12.6 Å². The van der Waals surface area contributed by atoms with Crippen molar-refractivity contribution in [2.24, 2.45) is 7.05 Å². The normalized spacial score (nSPS) is 10.2. The fraction of sp³-hybridized carbons (Fsp3) is 0.0588. The number of nitrogens with zero attached hydrogens (tertiary/aromatic N) is 3. The van der Waals surface area contributed by atoms with E-state index < -0.39 is 0 Å². The van der Waals surface area contributed by atoms with Crippen LogP contribution in [0.5, 0.6) is 0 Å². The first kappa shape index (κ1) is 12.2. The molecule has 0 N–H and O–H groups in total. The number of benzene rings is 2. The van der Waals surface area contributed by atoms with Gasteiger partial charge in [0.1, 0.15) is 0 Å². The van der Waals surface area contributed by atoms with Gasteiger partial charge in [0.05, 0.1) is 23.0 Å². The summed E-state index contributed by atoms with van der Waals surface area (Å²) in [5.41, 5.74) is 4.81. The third-order valence-electron chi connectivity index (χ3n) is 3.26. The molecular weight excluding hydrogens is 246 g/mol. The van der Waals surface area contributed by atoms with Gasteiger partial charge in [-0.15, -0.1) is 0 Å². The number of aromatic nitrogens is 2. The van der Waals surface area contributed by atoms with E-state index in [1.807, 2.05) is 66.3 Å². The lowest BCUT2D eigenvalue weighted by Gasteiger charge is -2.00. The van der Waals surface area contributed by atoms with Crippen LogP contribution in [0, 0.1) is 11.3 Å². The summed E-state index contributed by atoms with van der Waals surface area (Å²) in [6.45, 7) is 0. The van der Waals surface area contributed by atoms with Gasteiger partial charge in [-0.1, -0.05) is 42.5 Å². The zero-order valence-corrected chi connectivity index (χ0v) is 11.1. The first-order valence-corrected chi connectivity index (χ1v) is 6.38. The third-order valence-corrected chi connectivity index (χ3v) is 3.26. The van der Waals surface area contributed by atoms with Crippen molar-refractivity contribution in [3.8, 4) is 28.6 Å². The standard InChI is InChI=1S/C17H13N3/c1-20-17(15-9-7-13(12-18)8-10-15)11-16(19-20)14-5-3-2-4-6-14/h2-11H,1H3. The Morgan fingerprint density at radius 3 is 2.30 bits per heavy atom. The number of hydrogen-bond acceptors (Lipinski definition) is 2. The van der Waals surface area contributed by atoms with Crippen molar-refractivity contribution in [1.82, 2.24) is 9.78 Å². The highest BCUT2D eigenvalue weighted by molar-refractivity contribution is 5.69. The number of nitriles is 1. The van der Waals surface area contributed by atoms with E-state index in [2.05, 4.69) is 17.2 Å². The molecule has 0 aliphatic rings. The van der Waals surface area contributed by atoms with Crippen molar-refractivity contribution >= 4 is 0 Å². The maximum atomic E-state index is 8.84. The summed E-state index contributed by atoms with van der Waals surface area (Å²) in [5.74, 6) is 0. The molecule has 0 unspecified atom stereocenters. The van der Waals surface area contributed by atoms with E-state index in [1.165, 1.54) is 0 Å². The average Bonchev–Trinajstić information content (AvgIpc) is 2.90. The predicted molar refractivity (Wildman–Crippen MR) is 78.8 cm³/mol. The second kappa shape index (κ2) is 5.02. The molecular formula is C17H13N3. The smallest absolute Gasteiger partial charge is 0.0991 e. The Bertz CT molecular complexity index is 762. The topological polar surface area (TPSA) is 41.6 Å². The van der Waals surface area contributed by atoms with Crippen molar-refractivity contribution < 1.29 is 0 Å². The van der Waals surface area contributed by atoms with Crippen LogP contribution in [-0.2, 0) is 7.05 Å². The molecule has 3 nitrogen and oxygen atoms in total. The molecule has 0 aliphatic heterocycles. The molecule has 0 saturated carbocycles. The highest BCUT2D eigenvalue weighted by Gasteiger charge is 2.08. The minimum absolute atomic E-state index is 0.666. The van der Waals surface area contributed by atoms with E-state index in [0.717, 1.165) is 22.5 Å². The minimum atomic E-state index is 0.666. The summed E-state index contributed by atoms with van der Waals surface area (Å²) in [6.07, 6.45) is 0. The Kier molecular flexibility index (Phi) is 3.06. The maximum absolute atomic E-state index is 8.84. The van der Waals surface area contributed by atoms with E-state index >= 15 is 0 Å². The third kappa shape index (κ3) is 2.19. The van der Waals surface area contributed by atoms with E-state index in [-0.39, 0.29) is 0 Å². The number of aryl methyl sites for hydroxylation is 1. The van der Waals surface area contributed by atoms with Crippen LogP contribution in [0.3, 0.4) is 0 Å². The highest BCUT2D eigenvalue weighted by atomic mass is 15.3. The SMILES string of the molecule is Cn1nc(-c2ccccc2)cc1-c1ccc(C#N)cc1. The summed E-state index contributed by atoms with van der Waals surface area (Å²) >= 11 is 0. The fourth-order valence-corrected chi connectivity index (χ4v) is 2.20. The molecule has 3 aromatic rings. The Balaban J connectivity index is 2.03. The van der Waals surface area contributed by atoms with Crippen LogP contribution in [0.25, 0.3) is 22.5 Å². The summed E-state index contributed by atoms with van der Waals surface area (Å²) in [5, 5.41) is 13.4. The molecule has 1 heterocycles. The van der Waals surface area contributed by atoms with E-state index in [1.54, 1.807) is 0 Å². The molecule has 3 rings (SSSR count). The molecule has 96 valence electrons. The largest absolute Gasteiger partial charge is 0.267 e. The average molecular weight is 259 g/mol. The molecule has 0 aliphatic carbocycles. The van der Waals surface area contributed by atoms with Gasteiger partial charge < -0.3 is 0 Å². The molecule has 3 heteroatoms. The lowest BCUT2D eigenvalue weighted by atomic mass is 10.1. The van der Waals surface area contributed by atoms with Crippen LogP contribution in [0.4, 0.5) is 0 Å².